The monoisotopic (exact) mass is 296 g/mol. The lowest BCUT2D eigenvalue weighted by molar-refractivity contribution is 0.412. The predicted molar refractivity (Wildman–Crippen MR) is 89.9 cm³/mol. The molecule has 0 saturated carbocycles. The van der Waals surface area contributed by atoms with Gasteiger partial charge in [0.05, 0.1) is 12.1 Å². The third-order valence-electron chi connectivity index (χ3n) is 4.40. The third kappa shape index (κ3) is 2.86. The highest BCUT2D eigenvalue weighted by molar-refractivity contribution is 5.79. The molecule has 0 spiro atoms. The summed E-state index contributed by atoms with van der Waals surface area (Å²) in [6.07, 6.45) is 3.97. The highest BCUT2D eigenvalue weighted by atomic mass is 16.4. The average molecular weight is 296 g/mol. The first-order chi connectivity index (χ1) is 10.6. The summed E-state index contributed by atoms with van der Waals surface area (Å²) in [5.41, 5.74) is 5.75. The van der Waals surface area contributed by atoms with E-state index in [2.05, 4.69) is 55.2 Å². The van der Waals surface area contributed by atoms with Gasteiger partial charge < -0.3 is 9.32 Å². The Balaban J connectivity index is 1.98. The van der Waals surface area contributed by atoms with Gasteiger partial charge in [0.1, 0.15) is 5.76 Å². The zero-order chi connectivity index (χ0) is 15.7. The Kier molecular flexibility index (Phi) is 4.16. The normalized spacial score (nSPS) is 15.5. The van der Waals surface area contributed by atoms with Gasteiger partial charge in [0.15, 0.2) is 0 Å². The Hall–Kier alpha value is -1.87. The summed E-state index contributed by atoms with van der Waals surface area (Å²) < 4.78 is 5.79. The molecule has 3 nitrogen and oxygen atoms in total. The Bertz CT molecular complexity index is 697. The molecule has 0 aliphatic heterocycles. The van der Waals surface area contributed by atoms with Crippen molar-refractivity contribution in [1.29, 1.82) is 0 Å². The van der Waals surface area contributed by atoms with Gasteiger partial charge >= 0.3 is 0 Å². The van der Waals surface area contributed by atoms with Gasteiger partial charge in [0.25, 0.3) is 0 Å². The van der Waals surface area contributed by atoms with Gasteiger partial charge in [-0.25, -0.2) is 4.98 Å². The van der Waals surface area contributed by atoms with Crippen molar-refractivity contribution in [3.8, 4) is 0 Å². The second-order valence-corrected chi connectivity index (χ2v) is 6.44. The van der Waals surface area contributed by atoms with Crippen LogP contribution in [-0.4, -0.2) is 30.5 Å². The van der Waals surface area contributed by atoms with Crippen LogP contribution in [0, 0.1) is 6.92 Å². The maximum atomic E-state index is 5.79. The van der Waals surface area contributed by atoms with Gasteiger partial charge in [0, 0.05) is 6.54 Å². The van der Waals surface area contributed by atoms with Crippen molar-refractivity contribution in [2.75, 3.05) is 20.6 Å². The largest absolute Gasteiger partial charge is 0.445 e. The molecule has 0 N–H and O–H groups in total. The molecule has 1 atom stereocenters. The fourth-order valence-electron chi connectivity index (χ4n) is 3.27. The smallest absolute Gasteiger partial charge is 0.201 e. The van der Waals surface area contributed by atoms with Crippen LogP contribution in [-0.2, 0) is 6.42 Å². The summed E-state index contributed by atoms with van der Waals surface area (Å²) in [5, 5.41) is 0. The van der Waals surface area contributed by atoms with Crippen LogP contribution in [0.4, 0.5) is 0 Å². The molecular weight excluding hydrogens is 272 g/mol. The number of benzene rings is 1. The van der Waals surface area contributed by atoms with Gasteiger partial charge in [-0.1, -0.05) is 29.8 Å². The predicted octanol–water partition coefficient (Wildman–Crippen LogP) is 4.05. The van der Waals surface area contributed by atoms with Crippen molar-refractivity contribution < 1.29 is 4.42 Å². The Morgan fingerprint density at radius 1 is 1.27 bits per heavy atom. The molecule has 1 aromatic carbocycles. The standard InChI is InChI=1S/C19H24N2O/c1-13-12-20-19(22-13)14(2)18-16(9-10-21(3)4)11-15-7-5-6-8-17(15)18/h5-8,12,14H,9-11H2,1-4H3. The number of aryl methyl sites for hydroxylation is 1. The van der Waals surface area contributed by atoms with Gasteiger partial charge in [-0.15, -0.1) is 0 Å². The first-order valence-electron chi connectivity index (χ1n) is 7.93. The number of hydrogen-bond donors (Lipinski definition) is 0. The van der Waals surface area contributed by atoms with Crippen molar-refractivity contribution in [1.82, 2.24) is 9.88 Å². The molecule has 0 fully saturated rings. The van der Waals surface area contributed by atoms with E-state index in [1.807, 2.05) is 13.1 Å². The van der Waals surface area contributed by atoms with E-state index in [1.54, 1.807) is 0 Å². The van der Waals surface area contributed by atoms with E-state index in [9.17, 15) is 0 Å². The van der Waals surface area contributed by atoms with Crippen LogP contribution < -0.4 is 0 Å². The number of fused-ring (bicyclic) bond motifs is 1. The molecule has 22 heavy (non-hydrogen) atoms. The Morgan fingerprint density at radius 2 is 2.05 bits per heavy atom. The third-order valence-corrected chi connectivity index (χ3v) is 4.40. The minimum Gasteiger partial charge on any atom is -0.445 e. The molecule has 1 unspecified atom stereocenters. The zero-order valence-electron chi connectivity index (χ0n) is 13.9. The molecule has 3 heteroatoms. The van der Waals surface area contributed by atoms with Crippen LogP contribution in [0.5, 0.6) is 0 Å². The zero-order valence-corrected chi connectivity index (χ0v) is 13.9. The molecule has 0 bridgehead atoms. The lowest BCUT2D eigenvalue weighted by Crippen LogP contribution is -2.14. The number of oxazole rings is 1. The van der Waals surface area contributed by atoms with Gasteiger partial charge in [-0.3, -0.25) is 0 Å². The number of aromatic nitrogens is 1. The number of hydrogen-bond acceptors (Lipinski definition) is 3. The van der Waals surface area contributed by atoms with E-state index in [0.717, 1.165) is 31.0 Å². The van der Waals surface area contributed by atoms with Crippen LogP contribution >= 0.6 is 0 Å². The van der Waals surface area contributed by atoms with Gasteiger partial charge in [-0.05, 0) is 57.5 Å². The fraction of sp³-hybridized carbons (Fsp3) is 0.421. The Morgan fingerprint density at radius 3 is 2.73 bits per heavy atom. The molecule has 0 radical (unpaired) electrons. The molecule has 1 aliphatic rings. The Labute approximate surface area is 132 Å². The highest BCUT2D eigenvalue weighted by Crippen LogP contribution is 2.42. The van der Waals surface area contributed by atoms with Crippen molar-refractivity contribution >= 4 is 5.57 Å². The maximum Gasteiger partial charge on any atom is 0.201 e. The van der Waals surface area contributed by atoms with Crippen LogP contribution in [0.15, 0.2) is 40.5 Å². The van der Waals surface area contributed by atoms with E-state index < -0.39 is 0 Å². The molecular formula is C19H24N2O. The molecule has 1 aromatic heterocycles. The molecule has 1 heterocycles. The molecule has 3 rings (SSSR count). The summed E-state index contributed by atoms with van der Waals surface area (Å²) in [4.78, 5) is 6.70. The minimum absolute atomic E-state index is 0.203. The van der Waals surface area contributed by atoms with Crippen molar-refractivity contribution in [2.45, 2.75) is 32.6 Å². The van der Waals surface area contributed by atoms with Crippen LogP contribution in [0.2, 0.25) is 0 Å². The molecule has 1 aliphatic carbocycles. The summed E-state index contributed by atoms with van der Waals surface area (Å²) in [6, 6.07) is 8.73. The summed E-state index contributed by atoms with van der Waals surface area (Å²) in [5.74, 6) is 1.91. The van der Waals surface area contributed by atoms with Crippen LogP contribution in [0.25, 0.3) is 5.57 Å². The fourth-order valence-corrected chi connectivity index (χ4v) is 3.27. The van der Waals surface area contributed by atoms with Crippen LogP contribution in [0.3, 0.4) is 0 Å². The van der Waals surface area contributed by atoms with Crippen molar-refractivity contribution in [2.24, 2.45) is 0 Å². The molecule has 116 valence electrons. The van der Waals surface area contributed by atoms with E-state index in [0.29, 0.717) is 0 Å². The molecule has 0 amide bonds. The van der Waals surface area contributed by atoms with E-state index >= 15 is 0 Å². The first-order valence-corrected chi connectivity index (χ1v) is 7.93. The topological polar surface area (TPSA) is 29.3 Å². The average Bonchev–Trinajstić information content (AvgIpc) is 3.07. The SMILES string of the molecule is Cc1cnc(C(C)C2=C(CCN(C)C)Cc3ccccc32)o1. The molecule has 0 saturated heterocycles. The second-order valence-electron chi connectivity index (χ2n) is 6.44. The summed E-state index contributed by atoms with van der Waals surface area (Å²) >= 11 is 0. The number of rotatable bonds is 5. The maximum absolute atomic E-state index is 5.79. The minimum atomic E-state index is 0.203. The highest BCUT2D eigenvalue weighted by Gasteiger charge is 2.28. The van der Waals surface area contributed by atoms with E-state index in [4.69, 9.17) is 4.42 Å². The van der Waals surface area contributed by atoms with Gasteiger partial charge in [0.2, 0.25) is 5.89 Å². The lowest BCUT2D eigenvalue weighted by atomic mass is 9.92. The molecule has 2 aromatic rings. The lowest BCUT2D eigenvalue weighted by Gasteiger charge is -2.16. The number of nitrogens with zero attached hydrogens (tertiary/aromatic N) is 2. The van der Waals surface area contributed by atoms with E-state index in [1.165, 1.54) is 22.3 Å². The van der Waals surface area contributed by atoms with Crippen molar-refractivity contribution in [3.63, 3.8) is 0 Å². The van der Waals surface area contributed by atoms with E-state index in [-0.39, 0.29) is 5.92 Å². The first kappa shape index (κ1) is 15.0. The second kappa shape index (κ2) is 6.09. The summed E-state index contributed by atoms with van der Waals surface area (Å²) in [7, 11) is 4.26. The van der Waals surface area contributed by atoms with Crippen LogP contribution in [0.1, 0.15) is 42.0 Å². The quantitative estimate of drug-likeness (QED) is 0.833. The number of allylic oxidation sites excluding steroid dienone is 1. The van der Waals surface area contributed by atoms with Gasteiger partial charge in [-0.2, -0.15) is 0 Å². The van der Waals surface area contributed by atoms with Crippen molar-refractivity contribution in [3.05, 3.63) is 58.8 Å². The summed E-state index contributed by atoms with van der Waals surface area (Å²) in [6.45, 7) is 5.23.